The van der Waals surface area contributed by atoms with Crippen LogP contribution in [0.4, 0.5) is 0 Å². The van der Waals surface area contributed by atoms with Crippen LogP contribution in [0.2, 0.25) is 0 Å². The average Bonchev–Trinajstić information content (AvgIpc) is 2.16. The molecule has 0 amide bonds. The van der Waals surface area contributed by atoms with E-state index in [9.17, 15) is 0 Å². The molecule has 3 N–H and O–H groups in total. The Morgan fingerprint density at radius 1 is 1.58 bits per heavy atom. The number of ether oxygens (including phenoxy) is 1. The summed E-state index contributed by atoms with van der Waals surface area (Å²) in [5, 5.41) is 20.7. The fourth-order valence-electron chi connectivity index (χ4n) is 1.27. The Hall–Kier alpha value is -0.160. The smallest absolute Gasteiger partial charge is 0.0895 e. The van der Waals surface area contributed by atoms with E-state index >= 15 is 0 Å². The zero-order chi connectivity index (χ0) is 8.81. The molecule has 4 heteroatoms. The van der Waals surface area contributed by atoms with Crippen molar-refractivity contribution in [2.45, 2.75) is 25.0 Å². The molecule has 1 rings (SSSR count). The summed E-state index contributed by atoms with van der Waals surface area (Å²) < 4.78 is 5.24. The Labute approximate surface area is 72.5 Å². The van der Waals surface area contributed by atoms with Gasteiger partial charge >= 0.3 is 0 Å². The zero-order valence-electron chi connectivity index (χ0n) is 7.20. The zero-order valence-corrected chi connectivity index (χ0v) is 7.20. The summed E-state index contributed by atoms with van der Waals surface area (Å²) in [5.74, 6) is 0. The van der Waals surface area contributed by atoms with Crippen molar-refractivity contribution in [3.8, 4) is 0 Å². The molecule has 0 aromatic carbocycles. The fraction of sp³-hybridized carbons (Fsp3) is 1.00. The molecule has 1 aliphatic heterocycles. The van der Waals surface area contributed by atoms with Crippen molar-refractivity contribution in [1.82, 2.24) is 5.32 Å². The molecule has 1 aliphatic rings. The minimum Gasteiger partial charge on any atom is -0.394 e. The maximum Gasteiger partial charge on any atom is 0.0895 e. The lowest BCUT2D eigenvalue weighted by Gasteiger charge is -2.24. The first-order valence-electron chi connectivity index (χ1n) is 4.43. The van der Waals surface area contributed by atoms with Crippen LogP contribution < -0.4 is 5.32 Å². The summed E-state index contributed by atoms with van der Waals surface area (Å²) in [6.07, 6.45) is 1.53. The normalized spacial score (nSPS) is 27.0. The molecule has 0 radical (unpaired) electrons. The van der Waals surface area contributed by atoms with Crippen molar-refractivity contribution in [3.05, 3.63) is 0 Å². The predicted molar refractivity (Wildman–Crippen MR) is 44.9 cm³/mol. The number of nitrogens with one attached hydrogen (secondary N) is 1. The van der Waals surface area contributed by atoms with Crippen LogP contribution in [-0.4, -0.2) is 48.7 Å². The average molecular weight is 175 g/mol. The summed E-state index contributed by atoms with van der Waals surface area (Å²) in [4.78, 5) is 0. The predicted octanol–water partition coefficient (Wildman–Crippen LogP) is -0.892. The van der Waals surface area contributed by atoms with Crippen molar-refractivity contribution in [3.63, 3.8) is 0 Å². The lowest BCUT2D eigenvalue weighted by molar-refractivity contribution is 0.0544. The second kappa shape index (κ2) is 5.48. The third kappa shape index (κ3) is 3.49. The van der Waals surface area contributed by atoms with Crippen LogP contribution in [0, 0.1) is 0 Å². The molecule has 12 heavy (non-hydrogen) atoms. The van der Waals surface area contributed by atoms with E-state index in [4.69, 9.17) is 14.9 Å². The maximum absolute atomic E-state index is 9.04. The first kappa shape index (κ1) is 9.92. The number of hydrogen-bond acceptors (Lipinski definition) is 4. The summed E-state index contributed by atoms with van der Waals surface area (Å²) in [5.41, 5.74) is 0. The molecule has 0 spiro atoms. The largest absolute Gasteiger partial charge is 0.394 e. The van der Waals surface area contributed by atoms with Crippen LogP contribution in [0.15, 0.2) is 0 Å². The van der Waals surface area contributed by atoms with Crippen molar-refractivity contribution >= 4 is 0 Å². The Morgan fingerprint density at radius 3 is 3.00 bits per heavy atom. The van der Waals surface area contributed by atoms with E-state index in [1.54, 1.807) is 0 Å². The van der Waals surface area contributed by atoms with Gasteiger partial charge in [0, 0.05) is 19.2 Å². The quantitative estimate of drug-likeness (QED) is 0.518. The molecule has 0 aliphatic carbocycles. The highest BCUT2D eigenvalue weighted by Gasteiger charge is 2.13. The van der Waals surface area contributed by atoms with Crippen molar-refractivity contribution < 1.29 is 14.9 Å². The summed E-state index contributed by atoms with van der Waals surface area (Å²) in [6, 6.07) is 0.347. The highest BCUT2D eigenvalue weighted by molar-refractivity contribution is 4.71. The summed E-state index contributed by atoms with van der Waals surface area (Å²) >= 11 is 0. The van der Waals surface area contributed by atoms with E-state index < -0.39 is 6.10 Å². The van der Waals surface area contributed by atoms with Gasteiger partial charge in [-0.3, -0.25) is 0 Å². The highest BCUT2D eigenvalue weighted by atomic mass is 16.5. The van der Waals surface area contributed by atoms with Crippen LogP contribution in [0.25, 0.3) is 0 Å². The molecule has 0 aromatic rings. The van der Waals surface area contributed by atoms with E-state index in [0.717, 1.165) is 26.1 Å². The number of aliphatic hydroxyl groups excluding tert-OH is 2. The van der Waals surface area contributed by atoms with Gasteiger partial charge in [-0.1, -0.05) is 0 Å². The molecular weight excluding hydrogens is 158 g/mol. The van der Waals surface area contributed by atoms with Crippen molar-refractivity contribution in [2.75, 3.05) is 26.4 Å². The molecule has 1 saturated heterocycles. The van der Waals surface area contributed by atoms with E-state index in [1.807, 2.05) is 0 Å². The van der Waals surface area contributed by atoms with Gasteiger partial charge in [0.1, 0.15) is 0 Å². The molecule has 4 nitrogen and oxygen atoms in total. The van der Waals surface area contributed by atoms with Gasteiger partial charge in [-0.25, -0.2) is 0 Å². The molecule has 0 saturated carbocycles. The summed E-state index contributed by atoms with van der Waals surface area (Å²) in [7, 11) is 0. The molecule has 72 valence electrons. The molecule has 0 aromatic heterocycles. The Balaban J connectivity index is 2.05. The van der Waals surface area contributed by atoms with Gasteiger partial charge in [0.05, 0.1) is 19.3 Å². The monoisotopic (exact) mass is 175 g/mol. The van der Waals surface area contributed by atoms with E-state index in [1.165, 1.54) is 0 Å². The lowest BCUT2D eigenvalue weighted by Crippen LogP contribution is -2.41. The standard InChI is InChI=1S/C8H17NO3/c10-5-8(11)4-9-7-2-1-3-12-6-7/h7-11H,1-6H2/t7?,8-/m0/s1. The maximum atomic E-state index is 9.04. The molecular formula is C8H17NO3. The van der Waals surface area contributed by atoms with Gasteiger partial charge in [-0.2, -0.15) is 0 Å². The van der Waals surface area contributed by atoms with Gasteiger partial charge in [0.15, 0.2) is 0 Å². The Bertz CT molecular complexity index is 115. The van der Waals surface area contributed by atoms with Crippen LogP contribution in [0.1, 0.15) is 12.8 Å². The topological polar surface area (TPSA) is 61.7 Å². The van der Waals surface area contributed by atoms with Crippen molar-refractivity contribution in [2.24, 2.45) is 0 Å². The Morgan fingerprint density at radius 2 is 2.42 bits per heavy atom. The molecule has 2 atom stereocenters. The van der Waals surface area contributed by atoms with E-state index in [0.29, 0.717) is 12.6 Å². The van der Waals surface area contributed by atoms with Gasteiger partial charge in [-0.15, -0.1) is 0 Å². The molecule has 0 bridgehead atoms. The van der Waals surface area contributed by atoms with Crippen LogP contribution in [0.3, 0.4) is 0 Å². The van der Waals surface area contributed by atoms with Gasteiger partial charge < -0.3 is 20.3 Å². The second-order valence-electron chi connectivity index (χ2n) is 3.16. The van der Waals surface area contributed by atoms with Gasteiger partial charge in [0.25, 0.3) is 0 Å². The first-order valence-corrected chi connectivity index (χ1v) is 4.43. The number of aliphatic hydroxyl groups is 2. The third-order valence-electron chi connectivity index (χ3n) is 2.01. The minimum atomic E-state index is -0.646. The number of rotatable bonds is 4. The van der Waals surface area contributed by atoms with E-state index in [2.05, 4.69) is 5.32 Å². The van der Waals surface area contributed by atoms with Crippen LogP contribution in [-0.2, 0) is 4.74 Å². The Kier molecular flexibility index (Phi) is 4.53. The third-order valence-corrected chi connectivity index (χ3v) is 2.01. The van der Waals surface area contributed by atoms with Crippen molar-refractivity contribution in [1.29, 1.82) is 0 Å². The first-order chi connectivity index (χ1) is 5.83. The molecule has 1 fully saturated rings. The van der Waals surface area contributed by atoms with Crippen LogP contribution in [0.5, 0.6) is 0 Å². The minimum absolute atomic E-state index is 0.180. The molecule has 1 heterocycles. The SMILES string of the molecule is OC[C@@H](O)CNC1CCCOC1. The highest BCUT2D eigenvalue weighted by Crippen LogP contribution is 2.05. The fourth-order valence-corrected chi connectivity index (χ4v) is 1.27. The van der Waals surface area contributed by atoms with Gasteiger partial charge in [-0.05, 0) is 12.8 Å². The number of hydrogen-bond donors (Lipinski definition) is 3. The lowest BCUT2D eigenvalue weighted by atomic mass is 10.1. The van der Waals surface area contributed by atoms with Crippen LogP contribution >= 0.6 is 0 Å². The summed E-state index contributed by atoms with van der Waals surface area (Å²) in [6.45, 7) is 1.84. The van der Waals surface area contributed by atoms with Gasteiger partial charge in [0.2, 0.25) is 0 Å². The second-order valence-corrected chi connectivity index (χ2v) is 3.16. The molecule has 1 unspecified atom stereocenters. The van der Waals surface area contributed by atoms with E-state index in [-0.39, 0.29) is 6.61 Å².